The topological polar surface area (TPSA) is 21.3 Å². The highest BCUT2D eigenvalue weighted by molar-refractivity contribution is 7.10. The third-order valence-electron chi connectivity index (χ3n) is 3.08. The van der Waals surface area contributed by atoms with Gasteiger partial charge in [0.25, 0.3) is 0 Å². The van der Waals surface area contributed by atoms with Crippen molar-refractivity contribution in [3.05, 3.63) is 50.7 Å². The van der Waals surface area contributed by atoms with E-state index >= 15 is 0 Å². The number of methoxy groups -OCH3 is 1. The van der Waals surface area contributed by atoms with Crippen LogP contribution in [0.5, 0.6) is 5.75 Å². The number of ether oxygens (including phenoxy) is 1. The molecule has 1 atom stereocenters. The van der Waals surface area contributed by atoms with Crippen molar-refractivity contribution in [2.45, 2.75) is 19.4 Å². The van der Waals surface area contributed by atoms with Gasteiger partial charge in [-0.15, -0.1) is 11.3 Å². The van der Waals surface area contributed by atoms with Crippen LogP contribution in [0.1, 0.15) is 29.8 Å². The zero-order valence-electron chi connectivity index (χ0n) is 11.8. The van der Waals surface area contributed by atoms with Crippen LogP contribution in [-0.4, -0.2) is 13.7 Å². The summed E-state index contributed by atoms with van der Waals surface area (Å²) in [5.74, 6) is -1.14. The zero-order valence-corrected chi connectivity index (χ0v) is 13.3. The molecule has 0 saturated carbocycles. The first-order valence-electron chi connectivity index (χ1n) is 6.57. The molecule has 1 heterocycles. The number of rotatable bonds is 6. The average molecular weight is 332 g/mol. The van der Waals surface area contributed by atoms with Crippen LogP contribution < -0.4 is 10.1 Å². The summed E-state index contributed by atoms with van der Waals surface area (Å²) < 4.78 is 33.5. The molecular formula is C15H16ClF2NOS. The lowest BCUT2D eigenvalue weighted by Crippen LogP contribution is -2.24. The minimum atomic E-state index is -0.648. The van der Waals surface area contributed by atoms with Gasteiger partial charge in [0.05, 0.1) is 18.2 Å². The van der Waals surface area contributed by atoms with Gasteiger partial charge in [-0.1, -0.05) is 18.5 Å². The fourth-order valence-electron chi connectivity index (χ4n) is 2.08. The monoisotopic (exact) mass is 331 g/mol. The third-order valence-corrected chi connectivity index (χ3v) is 4.51. The van der Waals surface area contributed by atoms with E-state index in [9.17, 15) is 8.78 Å². The zero-order chi connectivity index (χ0) is 15.4. The van der Waals surface area contributed by atoms with Gasteiger partial charge in [-0.3, -0.25) is 0 Å². The predicted octanol–water partition coefficient (Wildman–Crippen LogP) is 4.78. The molecule has 2 rings (SSSR count). The summed E-state index contributed by atoms with van der Waals surface area (Å²) in [7, 11) is 1.37. The van der Waals surface area contributed by atoms with Gasteiger partial charge >= 0.3 is 0 Å². The Labute approximate surface area is 131 Å². The summed E-state index contributed by atoms with van der Waals surface area (Å²) in [6.45, 7) is 2.62. The molecule has 114 valence electrons. The Morgan fingerprint density at radius 1 is 1.33 bits per heavy atom. The van der Waals surface area contributed by atoms with E-state index in [0.717, 1.165) is 6.42 Å². The van der Waals surface area contributed by atoms with Crippen molar-refractivity contribution in [2.24, 2.45) is 0 Å². The normalized spacial score (nSPS) is 12.4. The molecule has 0 radical (unpaired) electrons. The van der Waals surface area contributed by atoms with Crippen LogP contribution in [-0.2, 0) is 0 Å². The van der Waals surface area contributed by atoms with E-state index in [0.29, 0.717) is 16.4 Å². The lowest BCUT2D eigenvalue weighted by molar-refractivity contribution is 0.403. The number of benzene rings is 1. The van der Waals surface area contributed by atoms with E-state index in [1.807, 2.05) is 6.92 Å². The second kappa shape index (κ2) is 7.20. The minimum absolute atomic E-state index is 0.0337. The first kappa shape index (κ1) is 16.2. The second-order valence-corrected chi connectivity index (χ2v) is 5.88. The van der Waals surface area contributed by atoms with Crippen molar-refractivity contribution in [1.82, 2.24) is 5.32 Å². The van der Waals surface area contributed by atoms with Crippen LogP contribution >= 0.6 is 22.9 Å². The van der Waals surface area contributed by atoms with Gasteiger partial charge < -0.3 is 10.1 Å². The summed E-state index contributed by atoms with van der Waals surface area (Å²) in [6, 6.07) is 3.48. The second-order valence-electron chi connectivity index (χ2n) is 4.52. The molecule has 2 aromatic rings. The molecule has 0 spiro atoms. The van der Waals surface area contributed by atoms with E-state index in [2.05, 4.69) is 5.32 Å². The van der Waals surface area contributed by atoms with Crippen molar-refractivity contribution in [1.29, 1.82) is 0 Å². The summed E-state index contributed by atoms with van der Waals surface area (Å²) >= 11 is 7.50. The fourth-order valence-corrected chi connectivity index (χ4v) is 3.33. The Morgan fingerprint density at radius 3 is 2.48 bits per heavy atom. The molecule has 1 N–H and O–H groups in total. The van der Waals surface area contributed by atoms with Gasteiger partial charge in [0, 0.05) is 22.6 Å². The quantitative estimate of drug-likeness (QED) is 0.822. The minimum Gasteiger partial charge on any atom is -0.497 e. The molecule has 0 aliphatic carbocycles. The van der Waals surface area contributed by atoms with Crippen molar-refractivity contribution < 1.29 is 13.5 Å². The summed E-state index contributed by atoms with van der Waals surface area (Å²) in [4.78, 5) is 0.702. The Kier molecular flexibility index (Phi) is 5.56. The number of hydrogen-bond donors (Lipinski definition) is 1. The lowest BCUT2D eigenvalue weighted by Gasteiger charge is -2.20. The van der Waals surface area contributed by atoms with Gasteiger partial charge in [0.15, 0.2) is 0 Å². The maximum atomic E-state index is 14.3. The molecule has 1 aromatic carbocycles. The maximum Gasteiger partial charge on any atom is 0.134 e. The molecule has 0 saturated heterocycles. The van der Waals surface area contributed by atoms with Crippen molar-refractivity contribution in [3.63, 3.8) is 0 Å². The van der Waals surface area contributed by atoms with Crippen molar-refractivity contribution in [3.8, 4) is 5.75 Å². The predicted molar refractivity (Wildman–Crippen MR) is 82.4 cm³/mol. The van der Waals surface area contributed by atoms with E-state index < -0.39 is 17.7 Å². The highest BCUT2D eigenvalue weighted by Gasteiger charge is 2.25. The fraction of sp³-hybridized carbons (Fsp3) is 0.333. The summed E-state index contributed by atoms with van der Waals surface area (Å²) in [6.07, 6.45) is 0.846. The lowest BCUT2D eigenvalue weighted by atomic mass is 10.0. The Hall–Kier alpha value is -1.17. The van der Waals surface area contributed by atoms with E-state index in [-0.39, 0.29) is 11.3 Å². The maximum absolute atomic E-state index is 14.3. The van der Waals surface area contributed by atoms with Crippen LogP contribution in [0.15, 0.2) is 23.6 Å². The van der Waals surface area contributed by atoms with Crippen LogP contribution in [0.3, 0.4) is 0 Å². The number of thiophene rings is 1. The first-order valence-corrected chi connectivity index (χ1v) is 7.83. The molecule has 1 unspecified atom stereocenters. The van der Waals surface area contributed by atoms with Gasteiger partial charge in [0.1, 0.15) is 17.4 Å². The molecule has 0 aliphatic heterocycles. The molecular weight excluding hydrogens is 316 g/mol. The van der Waals surface area contributed by atoms with Gasteiger partial charge in [-0.25, -0.2) is 8.78 Å². The molecule has 0 aliphatic rings. The van der Waals surface area contributed by atoms with E-state index in [1.165, 1.54) is 30.6 Å². The van der Waals surface area contributed by atoms with Gasteiger partial charge in [-0.2, -0.15) is 0 Å². The SMILES string of the molecule is CCCNC(c1sccc1Cl)c1c(F)cc(OC)cc1F. The van der Waals surface area contributed by atoms with Gasteiger partial charge in [0.2, 0.25) is 0 Å². The molecule has 0 amide bonds. The number of hydrogen-bond acceptors (Lipinski definition) is 3. The van der Waals surface area contributed by atoms with Crippen molar-refractivity contribution >= 4 is 22.9 Å². The standard InChI is InChI=1S/C15H16ClF2NOS/c1-3-5-19-14(15-10(16)4-6-21-15)13-11(17)7-9(20-2)8-12(13)18/h4,6-8,14,19H,3,5H2,1-2H3. The molecule has 1 aromatic heterocycles. The molecule has 0 bridgehead atoms. The molecule has 2 nitrogen and oxygen atoms in total. The van der Waals surface area contributed by atoms with E-state index in [1.54, 1.807) is 11.4 Å². The number of halogens is 3. The van der Waals surface area contributed by atoms with Crippen LogP contribution in [0.25, 0.3) is 0 Å². The van der Waals surface area contributed by atoms with Crippen LogP contribution in [0.2, 0.25) is 5.02 Å². The third kappa shape index (κ3) is 3.54. The Bertz CT molecular complexity index is 594. The average Bonchev–Trinajstić information content (AvgIpc) is 2.87. The summed E-state index contributed by atoms with van der Waals surface area (Å²) in [5.41, 5.74) is -0.0337. The van der Waals surface area contributed by atoms with E-state index in [4.69, 9.17) is 16.3 Å². The largest absolute Gasteiger partial charge is 0.497 e. The Balaban J connectivity index is 2.49. The molecule has 6 heteroatoms. The Morgan fingerprint density at radius 2 is 2.00 bits per heavy atom. The first-order chi connectivity index (χ1) is 10.1. The highest BCUT2D eigenvalue weighted by Crippen LogP contribution is 2.36. The van der Waals surface area contributed by atoms with Crippen LogP contribution in [0, 0.1) is 11.6 Å². The highest BCUT2D eigenvalue weighted by atomic mass is 35.5. The van der Waals surface area contributed by atoms with Gasteiger partial charge in [-0.05, 0) is 24.4 Å². The summed E-state index contributed by atoms with van der Waals surface area (Å²) in [5, 5.41) is 5.46. The van der Waals surface area contributed by atoms with Crippen molar-refractivity contribution in [2.75, 3.05) is 13.7 Å². The molecule has 0 fully saturated rings. The molecule has 21 heavy (non-hydrogen) atoms. The smallest absolute Gasteiger partial charge is 0.134 e. The van der Waals surface area contributed by atoms with Crippen LogP contribution in [0.4, 0.5) is 8.78 Å². The number of nitrogens with one attached hydrogen (secondary N) is 1.